The van der Waals surface area contributed by atoms with Crippen molar-refractivity contribution in [2.45, 2.75) is 51.5 Å². The first-order chi connectivity index (χ1) is 10.1. The molecule has 0 aromatic rings. The first-order valence-electron chi connectivity index (χ1n) is 8.19. The van der Waals surface area contributed by atoms with Crippen molar-refractivity contribution in [3.8, 4) is 0 Å². The summed E-state index contributed by atoms with van der Waals surface area (Å²) in [5, 5.41) is 3.14. The second kappa shape index (κ2) is 7.78. The molecule has 1 amide bonds. The van der Waals surface area contributed by atoms with Crippen molar-refractivity contribution >= 4 is 11.9 Å². The molecule has 0 aromatic heterocycles. The SMILES string of the molecule is COC(=O)C1CN(CCC(=O)NC2CCCCC2)CC1C. The lowest BCUT2D eigenvalue weighted by Gasteiger charge is -2.23. The second-order valence-corrected chi connectivity index (χ2v) is 6.52. The van der Waals surface area contributed by atoms with Gasteiger partial charge >= 0.3 is 5.97 Å². The molecule has 2 aliphatic rings. The molecule has 1 aliphatic heterocycles. The fourth-order valence-corrected chi connectivity index (χ4v) is 3.51. The normalized spacial score (nSPS) is 27.5. The van der Waals surface area contributed by atoms with Gasteiger partial charge in [0, 0.05) is 32.1 Å². The van der Waals surface area contributed by atoms with E-state index >= 15 is 0 Å². The highest BCUT2D eigenvalue weighted by atomic mass is 16.5. The van der Waals surface area contributed by atoms with Crippen LogP contribution in [-0.2, 0) is 14.3 Å². The van der Waals surface area contributed by atoms with Gasteiger partial charge < -0.3 is 15.0 Å². The molecular weight excluding hydrogens is 268 g/mol. The first-order valence-corrected chi connectivity index (χ1v) is 8.19. The fraction of sp³-hybridized carbons (Fsp3) is 0.875. The number of rotatable bonds is 5. The first kappa shape index (κ1) is 16.3. The zero-order valence-corrected chi connectivity index (χ0v) is 13.3. The molecule has 0 bridgehead atoms. The van der Waals surface area contributed by atoms with Gasteiger partial charge in [-0.2, -0.15) is 0 Å². The van der Waals surface area contributed by atoms with Crippen molar-refractivity contribution < 1.29 is 14.3 Å². The number of carbonyl (C=O) groups excluding carboxylic acids is 2. The smallest absolute Gasteiger partial charge is 0.310 e. The van der Waals surface area contributed by atoms with E-state index in [4.69, 9.17) is 4.74 Å². The van der Waals surface area contributed by atoms with Crippen LogP contribution in [0.1, 0.15) is 45.4 Å². The van der Waals surface area contributed by atoms with E-state index < -0.39 is 0 Å². The van der Waals surface area contributed by atoms with Crippen LogP contribution in [0.25, 0.3) is 0 Å². The van der Waals surface area contributed by atoms with Crippen LogP contribution in [0.2, 0.25) is 0 Å². The second-order valence-electron chi connectivity index (χ2n) is 6.52. The van der Waals surface area contributed by atoms with Gasteiger partial charge in [-0.05, 0) is 18.8 Å². The Hall–Kier alpha value is -1.10. The largest absolute Gasteiger partial charge is 0.469 e. The van der Waals surface area contributed by atoms with E-state index in [1.807, 2.05) is 0 Å². The molecule has 1 saturated carbocycles. The average molecular weight is 296 g/mol. The van der Waals surface area contributed by atoms with Gasteiger partial charge in [0.25, 0.3) is 0 Å². The Morgan fingerprint density at radius 1 is 1.19 bits per heavy atom. The number of amides is 1. The fourth-order valence-electron chi connectivity index (χ4n) is 3.51. The van der Waals surface area contributed by atoms with Crippen molar-refractivity contribution in [3.05, 3.63) is 0 Å². The lowest BCUT2D eigenvalue weighted by Crippen LogP contribution is -2.38. The van der Waals surface area contributed by atoms with Crippen LogP contribution in [-0.4, -0.2) is 49.6 Å². The minimum atomic E-state index is -0.128. The maximum absolute atomic E-state index is 12.0. The molecule has 1 saturated heterocycles. The monoisotopic (exact) mass is 296 g/mol. The number of hydrogen-bond acceptors (Lipinski definition) is 4. The number of nitrogens with one attached hydrogen (secondary N) is 1. The molecule has 0 radical (unpaired) electrons. The van der Waals surface area contributed by atoms with E-state index in [0.29, 0.717) is 24.9 Å². The highest BCUT2D eigenvalue weighted by molar-refractivity contribution is 5.76. The van der Waals surface area contributed by atoms with Crippen LogP contribution in [0.15, 0.2) is 0 Å². The van der Waals surface area contributed by atoms with E-state index in [1.165, 1.54) is 26.4 Å². The quantitative estimate of drug-likeness (QED) is 0.782. The third-order valence-corrected chi connectivity index (χ3v) is 4.82. The number of nitrogens with zero attached hydrogens (tertiary/aromatic N) is 1. The summed E-state index contributed by atoms with van der Waals surface area (Å²) in [4.78, 5) is 25.8. The van der Waals surface area contributed by atoms with Crippen molar-refractivity contribution in [1.29, 1.82) is 0 Å². The number of ether oxygens (including phenoxy) is 1. The summed E-state index contributed by atoms with van der Waals surface area (Å²) in [5.41, 5.74) is 0. The Bertz CT molecular complexity index is 367. The van der Waals surface area contributed by atoms with Gasteiger partial charge in [0.05, 0.1) is 13.0 Å². The maximum Gasteiger partial charge on any atom is 0.310 e. The summed E-state index contributed by atoms with van der Waals surface area (Å²) in [6.07, 6.45) is 6.53. The molecule has 1 aliphatic carbocycles. The van der Waals surface area contributed by atoms with E-state index in [1.54, 1.807) is 0 Å². The number of likely N-dealkylation sites (tertiary alicyclic amines) is 1. The highest BCUT2D eigenvalue weighted by Gasteiger charge is 2.35. The van der Waals surface area contributed by atoms with E-state index in [2.05, 4.69) is 17.1 Å². The predicted molar refractivity (Wildman–Crippen MR) is 80.7 cm³/mol. The number of carbonyl (C=O) groups is 2. The molecule has 5 nitrogen and oxygen atoms in total. The molecule has 2 atom stereocenters. The maximum atomic E-state index is 12.0. The Morgan fingerprint density at radius 2 is 1.90 bits per heavy atom. The highest BCUT2D eigenvalue weighted by Crippen LogP contribution is 2.24. The minimum Gasteiger partial charge on any atom is -0.469 e. The zero-order valence-electron chi connectivity index (χ0n) is 13.3. The van der Waals surface area contributed by atoms with Gasteiger partial charge in [0.1, 0.15) is 0 Å². The van der Waals surface area contributed by atoms with Gasteiger partial charge in [-0.1, -0.05) is 26.2 Å². The Kier molecular flexibility index (Phi) is 6.03. The van der Waals surface area contributed by atoms with Crippen molar-refractivity contribution in [1.82, 2.24) is 10.2 Å². The summed E-state index contributed by atoms with van der Waals surface area (Å²) in [5.74, 6) is 0.281. The minimum absolute atomic E-state index is 0.0450. The Morgan fingerprint density at radius 3 is 2.57 bits per heavy atom. The number of esters is 1. The molecule has 1 heterocycles. The molecule has 2 rings (SSSR count). The summed E-state index contributed by atoms with van der Waals surface area (Å²) >= 11 is 0. The van der Waals surface area contributed by atoms with Gasteiger partial charge in [0.15, 0.2) is 0 Å². The third kappa shape index (κ3) is 4.70. The topological polar surface area (TPSA) is 58.6 Å². The molecule has 0 aromatic carbocycles. The molecular formula is C16H28N2O3. The van der Waals surface area contributed by atoms with Gasteiger partial charge in [0.2, 0.25) is 5.91 Å². The van der Waals surface area contributed by atoms with Gasteiger partial charge in [-0.25, -0.2) is 0 Å². The molecule has 1 N–H and O–H groups in total. The predicted octanol–water partition coefficient (Wildman–Crippen LogP) is 1.57. The van der Waals surface area contributed by atoms with Crippen LogP contribution >= 0.6 is 0 Å². The molecule has 5 heteroatoms. The van der Waals surface area contributed by atoms with E-state index in [0.717, 1.165) is 25.9 Å². The van der Waals surface area contributed by atoms with Gasteiger partial charge in [-0.3, -0.25) is 9.59 Å². The van der Waals surface area contributed by atoms with Crippen molar-refractivity contribution in [2.24, 2.45) is 11.8 Å². The number of methoxy groups -OCH3 is 1. The van der Waals surface area contributed by atoms with Gasteiger partial charge in [-0.15, -0.1) is 0 Å². The molecule has 120 valence electrons. The van der Waals surface area contributed by atoms with Crippen molar-refractivity contribution in [2.75, 3.05) is 26.7 Å². The molecule has 2 fully saturated rings. The Labute approximate surface area is 127 Å². The third-order valence-electron chi connectivity index (χ3n) is 4.82. The van der Waals surface area contributed by atoms with Crippen LogP contribution in [0.5, 0.6) is 0 Å². The summed E-state index contributed by atoms with van der Waals surface area (Å²) in [6, 6.07) is 0.381. The molecule has 21 heavy (non-hydrogen) atoms. The summed E-state index contributed by atoms with van der Waals surface area (Å²) in [7, 11) is 1.44. The molecule has 0 spiro atoms. The van der Waals surface area contributed by atoms with Crippen molar-refractivity contribution in [3.63, 3.8) is 0 Å². The van der Waals surface area contributed by atoms with E-state index in [9.17, 15) is 9.59 Å². The zero-order chi connectivity index (χ0) is 15.2. The summed E-state index contributed by atoms with van der Waals surface area (Å²) in [6.45, 7) is 4.39. The lowest BCUT2D eigenvalue weighted by molar-refractivity contribution is -0.146. The lowest BCUT2D eigenvalue weighted by atomic mass is 9.95. The van der Waals surface area contributed by atoms with E-state index in [-0.39, 0.29) is 17.8 Å². The van der Waals surface area contributed by atoms with Crippen LogP contribution < -0.4 is 5.32 Å². The van der Waals surface area contributed by atoms with Crippen LogP contribution in [0.3, 0.4) is 0 Å². The van der Waals surface area contributed by atoms with Crippen LogP contribution in [0, 0.1) is 11.8 Å². The Balaban J connectivity index is 1.68. The standard InChI is InChI=1S/C16H28N2O3/c1-12-10-18(11-14(12)16(20)21-2)9-8-15(19)17-13-6-4-3-5-7-13/h12-14H,3-11H2,1-2H3,(H,17,19). The van der Waals surface area contributed by atoms with Crippen LogP contribution in [0.4, 0.5) is 0 Å². The summed E-state index contributed by atoms with van der Waals surface area (Å²) < 4.78 is 4.83. The average Bonchev–Trinajstić information content (AvgIpc) is 2.86. The molecule has 2 unspecified atom stereocenters. The number of hydrogen-bond donors (Lipinski definition) is 1.